The number of nitrogen functional groups attached to an aromatic ring is 1. The van der Waals surface area contributed by atoms with E-state index in [1.807, 2.05) is 48.2 Å². The van der Waals surface area contributed by atoms with Gasteiger partial charge in [-0.25, -0.2) is 14.4 Å². The number of hydrogen-bond donors (Lipinski definition) is 2. The Morgan fingerprint density at radius 2 is 1.74 bits per heavy atom. The second-order valence-corrected chi connectivity index (χ2v) is 9.34. The van der Waals surface area contributed by atoms with Crippen LogP contribution in [0.3, 0.4) is 0 Å². The highest BCUT2D eigenvalue weighted by molar-refractivity contribution is 7.99. The minimum atomic E-state index is -0.390. The van der Waals surface area contributed by atoms with E-state index in [9.17, 15) is 4.39 Å². The SMILES string of the molecule is CCC(C)Sc1ccc(-c2cnc(N)c(-c3nnc(-c4ccc(CNCCF)cc4)o3)n2)cc1. The summed E-state index contributed by atoms with van der Waals surface area (Å²) in [6, 6.07) is 15.9. The molecule has 0 radical (unpaired) electrons. The van der Waals surface area contributed by atoms with Gasteiger partial charge in [-0.15, -0.1) is 22.0 Å². The first-order valence-electron chi connectivity index (χ1n) is 11.2. The highest BCUT2D eigenvalue weighted by atomic mass is 32.2. The molecule has 1 unspecified atom stereocenters. The number of halogens is 1. The molecule has 2 heterocycles. The number of hydrogen-bond acceptors (Lipinski definition) is 8. The fourth-order valence-electron chi connectivity index (χ4n) is 3.22. The fraction of sp³-hybridized carbons (Fsp3) is 0.280. The smallest absolute Gasteiger partial charge is 0.270 e. The van der Waals surface area contributed by atoms with Crippen LogP contribution < -0.4 is 11.1 Å². The Kier molecular flexibility index (Phi) is 7.87. The summed E-state index contributed by atoms with van der Waals surface area (Å²) in [6.45, 7) is 4.94. The third-order valence-electron chi connectivity index (χ3n) is 5.29. The normalized spacial score (nSPS) is 12.1. The molecule has 4 rings (SSSR count). The molecule has 0 spiro atoms. The molecular formula is C25H27FN6OS. The lowest BCUT2D eigenvalue weighted by molar-refractivity contribution is 0.467. The third kappa shape index (κ3) is 5.78. The Hall–Kier alpha value is -3.30. The van der Waals surface area contributed by atoms with E-state index < -0.39 is 6.67 Å². The molecule has 3 N–H and O–H groups in total. The molecule has 0 aliphatic rings. The van der Waals surface area contributed by atoms with Gasteiger partial charge in [0.1, 0.15) is 6.67 Å². The number of nitrogens with zero attached hydrogens (tertiary/aromatic N) is 4. The highest BCUT2D eigenvalue weighted by Gasteiger charge is 2.17. The summed E-state index contributed by atoms with van der Waals surface area (Å²) in [5.74, 6) is 0.785. The average molecular weight is 479 g/mol. The predicted molar refractivity (Wildman–Crippen MR) is 134 cm³/mol. The molecule has 34 heavy (non-hydrogen) atoms. The Balaban J connectivity index is 1.53. The van der Waals surface area contributed by atoms with Crippen molar-refractivity contribution >= 4 is 17.6 Å². The van der Waals surface area contributed by atoms with E-state index in [0.29, 0.717) is 35.6 Å². The summed E-state index contributed by atoms with van der Waals surface area (Å²) in [6.07, 6.45) is 2.76. The van der Waals surface area contributed by atoms with Crippen LogP contribution in [0.1, 0.15) is 25.8 Å². The van der Waals surface area contributed by atoms with Crippen LogP contribution in [-0.2, 0) is 6.54 Å². The summed E-state index contributed by atoms with van der Waals surface area (Å²) in [5.41, 5.74) is 9.84. The van der Waals surface area contributed by atoms with Gasteiger partial charge in [0.2, 0.25) is 5.89 Å². The van der Waals surface area contributed by atoms with Crippen molar-refractivity contribution in [1.29, 1.82) is 0 Å². The van der Waals surface area contributed by atoms with Gasteiger partial charge in [-0.05, 0) is 36.2 Å². The molecule has 1 atom stereocenters. The molecule has 0 fully saturated rings. The number of nitrogens with one attached hydrogen (secondary N) is 1. The highest BCUT2D eigenvalue weighted by Crippen LogP contribution is 2.30. The molecular weight excluding hydrogens is 451 g/mol. The zero-order valence-electron chi connectivity index (χ0n) is 19.2. The molecule has 2 aromatic heterocycles. The zero-order chi connectivity index (χ0) is 23.9. The first-order valence-corrected chi connectivity index (χ1v) is 12.0. The molecule has 0 bridgehead atoms. The minimum Gasteiger partial charge on any atom is -0.414 e. The van der Waals surface area contributed by atoms with E-state index >= 15 is 0 Å². The van der Waals surface area contributed by atoms with Gasteiger partial charge in [-0.3, -0.25) is 0 Å². The Labute approximate surface area is 202 Å². The Morgan fingerprint density at radius 1 is 1.03 bits per heavy atom. The van der Waals surface area contributed by atoms with Crippen molar-refractivity contribution in [1.82, 2.24) is 25.5 Å². The third-order valence-corrected chi connectivity index (χ3v) is 6.57. The monoisotopic (exact) mass is 478 g/mol. The quantitative estimate of drug-likeness (QED) is 0.231. The summed E-state index contributed by atoms with van der Waals surface area (Å²) in [4.78, 5) is 10.2. The van der Waals surface area contributed by atoms with Crippen LogP contribution in [-0.4, -0.2) is 38.6 Å². The van der Waals surface area contributed by atoms with Crippen LogP contribution in [0.25, 0.3) is 34.3 Å². The summed E-state index contributed by atoms with van der Waals surface area (Å²) in [5, 5.41) is 11.9. The molecule has 9 heteroatoms. The molecule has 0 saturated heterocycles. The number of aromatic nitrogens is 4. The second kappa shape index (κ2) is 11.2. The summed E-state index contributed by atoms with van der Waals surface area (Å²) >= 11 is 1.85. The van der Waals surface area contributed by atoms with Crippen LogP contribution in [0.2, 0.25) is 0 Å². The molecule has 7 nitrogen and oxygen atoms in total. The van der Waals surface area contributed by atoms with Crippen molar-refractivity contribution in [2.75, 3.05) is 19.0 Å². The zero-order valence-corrected chi connectivity index (χ0v) is 20.0. The lowest BCUT2D eigenvalue weighted by Gasteiger charge is -2.09. The second-order valence-electron chi connectivity index (χ2n) is 7.83. The summed E-state index contributed by atoms with van der Waals surface area (Å²) in [7, 11) is 0. The Bertz CT molecular complexity index is 1210. The van der Waals surface area contributed by atoms with Crippen molar-refractivity contribution in [2.24, 2.45) is 0 Å². The van der Waals surface area contributed by atoms with Gasteiger partial charge in [0.25, 0.3) is 5.89 Å². The van der Waals surface area contributed by atoms with E-state index in [4.69, 9.17) is 10.2 Å². The van der Waals surface area contributed by atoms with Gasteiger partial charge in [-0.2, -0.15) is 0 Å². The number of anilines is 1. The molecule has 2 aromatic carbocycles. The van der Waals surface area contributed by atoms with Crippen molar-refractivity contribution in [3.8, 4) is 34.3 Å². The lowest BCUT2D eigenvalue weighted by atomic mass is 10.1. The van der Waals surface area contributed by atoms with Gasteiger partial charge >= 0.3 is 0 Å². The molecule has 0 aliphatic carbocycles. The van der Waals surface area contributed by atoms with E-state index in [2.05, 4.69) is 51.5 Å². The van der Waals surface area contributed by atoms with Gasteiger partial charge in [-0.1, -0.05) is 38.1 Å². The average Bonchev–Trinajstić information content (AvgIpc) is 3.35. The maximum absolute atomic E-state index is 12.2. The van der Waals surface area contributed by atoms with Crippen molar-refractivity contribution in [3.05, 3.63) is 60.3 Å². The predicted octanol–water partition coefficient (Wildman–Crippen LogP) is 5.39. The van der Waals surface area contributed by atoms with Crippen LogP contribution in [0.4, 0.5) is 10.2 Å². The van der Waals surface area contributed by atoms with Crippen molar-refractivity contribution in [2.45, 2.75) is 37.0 Å². The van der Waals surface area contributed by atoms with Crippen LogP contribution >= 0.6 is 11.8 Å². The lowest BCUT2D eigenvalue weighted by Crippen LogP contribution is -2.15. The van der Waals surface area contributed by atoms with E-state index in [0.717, 1.165) is 23.1 Å². The van der Waals surface area contributed by atoms with Gasteiger partial charge in [0.15, 0.2) is 11.5 Å². The molecule has 4 aromatic rings. The Morgan fingerprint density at radius 3 is 2.44 bits per heavy atom. The van der Waals surface area contributed by atoms with E-state index in [1.54, 1.807) is 6.20 Å². The van der Waals surface area contributed by atoms with E-state index in [1.165, 1.54) is 4.90 Å². The first-order chi connectivity index (χ1) is 16.6. The topological polar surface area (TPSA) is 103 Å². The van der Waals surface area contributed by atoms with Crippen LogP contribution in [0, 0.1) is 0 Å². The number of benzene rings is 2. The maximum Gasteiger partial charge on any atom is 0.270 e. The molecule has 0 saturated carbocycles. The number of alkyl halides is 1. The maximum atomic E-state index is 12.2. The van der Waals surface area contributed by atoms with Crippen LogP contribution in [0.5, 0.6) is 0 Å². The number of rotatable bonds is 10. The summed E-state index contributed by atoms with van der Waals surface area (Å²) < 4.78 is 18.1. The van der Waals surface area contributed by atoms with Gasteiger partial charge < -0.3 is 15.5 Å². The molecule has 176 valence electrons. The first kappa shape index (κ1) is 23.8. The molecule has 0 amide bonds. The van der Waals surface area contributed by atoms with Gasteiger partial charge in [0.05, 0.1) is 11.9 Å². The standard InChI is InChI=1S/C25H27FN6OS/c1-3-16(2)34-20-10-8-18(9-11-20)21-15-29-23(27)22(30-21)25-32-31-24(33-25)19-6-4-17(5-7-19)14-28-13-12-26/h4-11,15-16,28H,3,12-14H2,1-2H3,(H2,27,29). The van der Waals surface area contributed by atoms with E-state index in [-0.39, 0.29) is 11.7 Å². The van der Waals surface area contributed by atoms with Crippen molar-refractivity contribution < 1.29 is 8.81 Å². The van der Waals surface area contributed by atoms with Crippen LogP contribution in [0.15, 0.2) is 64.0 Å². The fourth-order valence-corrected chi connectivity index (χ4v) is 4.14. The van der Waals surface area contributed by atoms with Gasteiger partial charge in [0, 0.05) is 34.4 Å². The minimum absolute atomic E-state index is 0.208. The van der Waals surface area contributed by atoms with Crippen molar-refractivity contribution in [3.63, 3.8) is 0 Å². The largest absolute Gasteiger partial charge is 0.414 e. The molecule has 0 aliphatic heterocycles. The number of nitrogens with two attached hydrogens (primary N) is 1. The number of thioether (sulfide) groups is 1.